The summed E-state index contributed by atoms with van der Waals surface area (Å²) in [7, 11) is 0. The maximum atomic E-state index is 10.6. The average molecular weight is 268 g/mol. The zero-order valence-electron chi connectivity index (χ0n) is 10.9. The Morgan fingerprint density at radius 3 is 2.78 bits per heavy atom. The Hall–Kier alpha value is -1.16. The lowest BCUT2D eigenvalue weighted by atomic mass is 10.2. The molecular formula is C14H20O3S. The van der Waals surface area contributed by atoms with Gasteiger partial charge in [-0.25, -0.2) is 0 Å². The summed E-state index contributed by atoms with van der Waals surface area (Å²) in [6.45, 7) is 4.43. The van der Waals surface area contributed by atoms with Crippen LogP contribution in [-0.4, -0.2) is 28.7 Å². The zero-order chi connectivity index (χ0) is 13.4. The third-order valence-corrected chi connectivity index (χ3v) is 3.83. The minimum atomic E-state index is -0.740. The number of carbonyl (C=O) groups is 1. The highest BCUT2D eigenvalue weighted by Gasteiger charge is 2.09. The predicted molar refractivity (Wildman–Crippen MR) is 75.5 cm³/mol. The topological polar surface area (TPSA) is 46.5 Å². The normalized spacial score (nSPS) is 12.1. The molecule has 0 fully saturated rings. The standard InChI is InChI=1S/C14H20O3S/c1-11-7-3-4-8-13(11)17-9-5-6-10-18-12(2)14(15)16/h3-4,7-8,12H,5-6,9-10H2,1-2H3,(H,15,16). The molecule has 0 aliphatic rings. The van der Waals surface area contributed by atoms with Crippen molar-refractivity contribution in [2.75, 3.05) is 12.4 Å². The van der Waals surface area contributed by atoms with Gasteiger partial charge in [-0.2, -0.15) is 0 Å². The lowest BCUT2D eigenvalue weighted by Crippen LogP contribution is -2.12. The number of aliphatic carboxylic acids is 1. The predicted octanol–water partition coefficient (Wildman–Crippen LogP) is 3.36. The second-order valence-electron chi connectivity index (χ2n) is 4.17. The van der Waals surface area contributed by atoms with Crippen molar-refractivity contribution in [2.24, 2.45) is 0 Å². The molecule has 0 saturated heterocycles. The van der Waals surface area contributed by atoms with Crippen LogP contribution in [0.1, 0.15) is 25.3 Å². The highest BCUT2D eigenvalue weighted by atomic mass is 32.2. The van der Waals surface area contributed by atoms with E-state index in [1.54, 1.807) is 6.92 Å². The SMILES string of the molecule is Cc1ccccc1OCCCCSC(C)C(=O)O. The van der Waals surface area contributed by atoms with Gasteiger partial charge in [0.15, 0.2) is 0 Å². The molecule has 1 N–H and O–H groups in total. The van der Waals surface area contributed by atoms with E-state index in [1.165, 1.54) is 11.8 Å². The van der Waals surface area contributed by atoms with Crippen LogP contribution in [0, 0.1) is 6.92 Å². The summed E-state index contributed by atoms with van der Waals surface area (Å²) < 4.78 is 5.67. The van der Waals surface area contributed by atoms with Gasteiger partial charge < -0.3 is 9.84 Å². The third kappa shape index (κ3) is 5.45. The van der Waals surface area contributed by atoms with Crippen molar-refractivity contribution < 1.29 is 14.6 Å². The van der Waals surface area contributed by atoms with Crippen molar-refractivity contribution in [3.05, 3.63) is 29.8 Å². The first kappa shape index (κ1) is 14.9. The number of unbranched alkanes of at least 4 members (excludes halogenated alkanes) is 1. The van der Waals surface area contributed by atoms with E-state index in [1.807, 2.05) is 31.2 Å². The monoisotopic (exact) mass is 268 g/mol. The van der Waals surface area contributed by atoms with Gasteiger partial charge in [-0.05, 0) is 44.1 Å². The number of benzene rings is 1. The Balaban J connectivity index is 2.09. The number of carboxylic acids is 1. The quantitative estimate of drug-likeness (QED) is 0.734. The molecule has 3 nitrogen and oxygen atoms in total. The van der Waals surface area contributed by atoms with Gasteiger partial charge in [0.05, 0.1) is 11.9 Å². The number of aryl methyl sites for hydroxylation is 1. The third-order valence-electron chi connectivity index (χ3n) is 2.61. The molecule has 0 amide bonds. The summed E-state index contributed by atoms with van der Waals surface area (Å²) in [6.07, 6.45) is 1.93. The van der Waals surface area contributed by atoms with E-state index in [-0.39, 0.29) is 5.25 Å². The van der Waals surface area contributed by atoms with Gasteiger partial charge >= 0.3 is 5.97 Å². The van der Waals surface area contributed by atoms with E-state index in [0.717, 1.165) is 29.9 Å². The zero-order valence-corrected chi connectivity index (χ0v) is 11.7. The Labute approximate surface area is 113 Å². The first-order valence-corrected chi connectivity index (χ1v) is 7.19. The Bertz CT molecular complexity index is 379. The number of para-hydroxylation sites is 1. The molecule has 0 spiro atoms. The lowest BCUT2D eigenvalue weighted by molar-refractivity contribution is -0.136. The molecule has 0 saturated carbocycles. The molecular weight excluding hydrogens is 248 g/mol. The van der Waals surface area contributed by atoms with Crippen molar-refractivity contribution in [3.8, 4) is 5.75 Å². The molecule has 0 aliphatic carbocycles. The van der Waals surface area contributed by atoms with Crippen LogP contribution in [0.25, 0.3) is 0 Å². The molecule has 4 heteroatoms. The van der Waals surface area contributed by atoms with Crippen molar-refractivity contribution in [2.45, 2.75) is 31.9 Å². The molecule has 100 valence electrons. The van der Waals surface area contributed by atoms with Crippen LogP contribution in [-0.2, 0) is 4.79 Å². The van der Waals surface area contributed by atoms with Crippen LogP contribution in [0.15, 0.2) is 24.3 Å². The molecule has 0 heterocycles. The van der Waals surface area contributed by atoms with Crippen molar-refractivity contribution in [1.82, 2.24) is 0 Å². The minimum Gasteiger partial charge on any atom is -0.493 e. The van der Waals surface area contributed by atoms with Gasteiger partial charge in [-0.15, -0.1) is 11.8 Å². The Morgan fingerprint density at radius 1 is 1.39 bits per heavy atom. The van der Waals surface area contributed by atoms with Gasteiger partial charge in [0, 0.05) is 0 Å². The van der Waals surface area contributed by atoms with Gasteiger partial charge in [0.25, 0.3) is 0 Å². The number of carboxylic acid groups (broad SMARTS) is 1. The van der Waals surface area contributed by atoms with Crippen LogP contribution in [0.5, 0.6) is 5.75 Å². The maximum absolute atomic E-state index is 10.6. The molecule has 1 rings (SSSR count). The number of hydrogen-bond donors (Lipinski definition) is 1. The van der Waals surface area contributed by atoms with Gasteiger partial charge in [0.1, 0.15) is 5.75 Å². The van der Waals surface area contributed by atoms with Gasteiger partial charge in [-0.1, -0.05) is 18.2 Å². The van der Waals surface area contributed by atoms with E-state index in [9.17, 15) is 4.79 Å². The molecule has 1 aromatic rings. The summed E-state index contributed by atoms with van der Waals surface area (Å²) in [4.78, 5) is 10.6. The Kier molecular flexibility index (Phi) is 6.65. The van der Waals surface area contributed by atoms with E-state index in [0.29, 0.717) is 6.61 Å². The van der Waals surface area contributed by atoms with E-state index in [4.69, 9.17) is 9.84 Å². The van der Waals surface area contributed by atoms with Crippen LogP contribution in [0.3, 0.4) is 0 Å². The highest BCUT2D eigenvalue weighted by molar-refractivity contribution is 8.00. The Morgan fingerprint density at radius 2 is 2.11 bits per heavy atom. The van der Waals surface area contributed by atoms with Crippen LogP contribution in [0.4, 0.5) is 0 Å². The molecule has 0 radical (unpaired) electrons. The molecule has 18 heavy (non-hydrogen) atoms. The van der Waals surface area contributed by atoms with Crippen molar-refractivity contribution in [3.63, 3.8) is 0 Å². The molecule has 1 aromatic carbocycles. The van der Waals surface area contributed by atoms with Crippen molar-refractivity contribution in [1.29, 1.82) is 0 Å². The molecule has 1 atom stereocenters. The van der Waals surface area contributed by atoms with Crippen molar-refractivity contribution >= 4 is 17.7 Å². The van der Waals surface area contributed by atoms with E-state index in [2.05, 4.69) is 0 Å². The van der Waals surface area contributed by atoms with Crippen LogP contribution < -0.4 is 4.74 Å². The summed E-state index contributed by atoms with van der Waals surface area (Å²) in [5, 5.41) is 8.40. The number of rotatable bonds is 8. The van der Waals surface area contributed by atoms with Gasteiger partial charge in [0.2, 0.25) is 0 Å². The van der Waals surface area contributed by atoms with E-state index >= 15 is 0 Å². The lowest BCUT2D eigenvalue weighted by Gasteiger charge is -2.09. The maximum Gasteiger partial charge on any atom is 0.316 e. The number of hydrogen-bond acceptors (Lipinski definition) is 3. The molecule has 0 aromatic heterocycles. The average Bonchev–Trinajstić information content (AvgIpc) is 2.35. The van der Waals surface area contributed by atoms with Crippen LogP contribution in [0.2, 0.25) is 0 Å². The fourth-order valence-corrected chi connectivity index (χ4v) is 2.30. The number of thioether (sulfide) groups is 1. The first-order valence-electron chi connectivity index (χ1n) is 6.14. The fraction of sp³-hybridized carbons (Fsp3) is 0.500. The molecule has 1 unspecified atom stereocenters. The second kappa shape index (κ2) is 8.03. The number of ether oxygens (including phenoxy) is 1. The molecule has 0 aliphatic heterocycles. The second-order valence-corrected chi connectivity index (χ2v) is 5.62. The summed E-state index contributed by atoms with van der Waals surface area (Å²) >= 11 is 1.48. The summed E-state index contributed by atoms with van der Waals surface area (Å²) in [5.41, 5.74) is 1.14. The summed E-state index contributed by atoms with van der Waals surface area (Å²) in [6, 6.07) is 7.95. The first-order chi connectivity index (χ1) is 8.61. The van der Waals surface area contributed by atoms with Crippen LogP contribution >= 0.6 is 11.8 Å². The largest absolute Gasteiger partial charge is 0.493 e. The molecule has 0 bridgehead atoms. The highest BCUT2D eigenvalue weighted by Crippen LogP contribution is 2.17. The van der Waals surface area contributed by atoms with Gasteiger partial charge in [-0.3, -0.25) is 4.79 Å². The fourth-order valence-electron chi connectivity index (χ4n) is 1.44. The van der Waals surface area contributed by atoms with E-state index < -0.39 is 5.97 Å². The smallest absolute Gasteiger partial charge is 0.316 e. The summed E-state index contributed by atoms with van der Waals surface area (Å²) in [5.74, 6) is 1.06. The minimum absolute atomic E-state index is 0.317.